The third-order valence-electron chi connectivity index (χ3n) is 5.01. The third kappa shape index (κ3) is 4.27. The number of carbonyl (C=O) groups excluding carboxylic acids is 1. The molecule has 0 radical (unpaired) electrons. The summed E-state index contributed by atoms with van der Waals surface area (Å²) in [6, 6.07) is 14.1. The lowest BCUT2D eigenvalue weighted by molar-refractivity contribution is 0.0752. The molecule has 150 valence electrons. The molecule has 0 unspecified atom stereocenters. The third-order valence-corrected chi connectivity index (χ3v) is 5.01. The van der Waals surface area contributed by atoms with Crippen molar-refractivity contribution >= 4 is 5.91 Å². The van der Waals surface area contributed by atoms with Crippen molar-refractivity contribution in [2.45, 2.75) is 13.5 Å². The van der Waals surface area contributed by atoms with E-state index in [1.54, 1.807) is 35.7 Å². The smallest absolute Gasteiger partial charge is 0.255 e. The fraction of sp³-hybridized carbons (Fsp3) is 0.167. The van der Waals surface area contributed by atoms with E-state index in [0.717, 1.165) is 27.8 Å². The van der Waals surface area contributed by atoms with Gasteiger partial charge in [-0.1, -0.05) is 18.2 Å². The van der Waals surface area contributed by atoms with Gasteiger partial charge in [-0.15, -0.1) is 0 Å². The van der Waals surface area contributed by atoms with Gasteiger partial charge in [0, 0.05) is 62.2 Å². The van der Waals surface area contributed by atoms with Gasteiger partial charge in [-0.3, -0.25) is 19.4 Å². The molecule has 0 atom stereocenters. The van der Waals surface area contributed by atoms with Crippen LogP contribution in [0.4, 0.5) is 0 Å². The Morgan fingerprint density at radius 2 is 1.77 bits per heavy atom. The van der Waals surface area contributed by atoms with Gasteiger partial charge in [0.2, 0.25) is 0 Å². The molecular weight excluding hydrogens is 374 g/mol. The second-order valence-electron chi connectivity index (χ2n) is 7.12. The number of hydrogen-bond donors (Lipinski definition) is 0. The minimum Gasteiger partial charge on any atom is -0.335 e. The molecule has 1 aromatic carbocycles. The highest BCUT2D eigenvalue weighted by molar-refractivity contribution is 5.95. The molecule has 4 rings (SSSR count). The summed E-state index contributed by atoms with van der Waals surface area (Å²) in [5, 5.41) is 4.20. The molecule has 0 aliphatic carbocycles. The second kappa shape index (κ2) is 8.69. The number of aromatic nitrogens is 4. The Morgan fingerprint density at radius 3 is 2.50 bits per heavy atom. The molecule has 0 spiro atoms. The minimum absolute atomic E-state index is 0.0370. The van der Waals surface area contributed by atoms with Crippen molar-refractivity contribution in [1.82, 2.24) is 24.6 Å². The molecule has 3 aromatic heterocycles. The normalized spacial score (nSPS) is 10.7. The Morgan fingerprint density at radius 1 is 0.933 bits per heavy atom. The average Bonchev–Trinajstić information content (AvgIpc) is 3.24. The molecule has 1 amide bonds. The van der Waals surface area contributed by atoms with Crippen molar-refractivity contribution in [3.63, 3.8) is 0 Å². The molecular formula is C24H23N5O. The van der Waals surface area contributed by atoms with E-state index in [2.05, 4.69) is 27.2 Å². The highest BCUT2D eigenvalue weighted by Gasteiger charge is 2.16. The summed E-state index contributed by atoms with van der Waals surface area (Å²) >= 11 is 0. The van der Waals surface area contributed by atoms with Crippen LogP contribution in [0.3, 0.4) is 0 Å². The van der Waals surface area contributed by atoms with Crippen LogP contribution in [-0.4, -0.2) is 37.1 Å². The van der Waals surface area contributed by atoms with Gasteiger partial charge >= 0.3 is 0 Å². The summed E-state index contributed by atoms with van der Waals surface area (Å²) in [6.45, 7) is 3.13. The first-order valence-corrected chi connectivity index (χ1v) is 9.86. The van der Waals surface area contributed by atoms with E-state index in [4.69, 9.17) is 0 Å². The summed E-state index contributed by atoms with van der Waals surface area (Å²) in [4.78, 5) is 23.4. The summed E-state index contributed by atoms with van der Waals surface area (Å²) in [7, 11) is 1.87. The van der Waals surface area contributed by atoms with E-state index in [9.17, 15) is 4.79 Å². The first-order valence-electron chi connectivity index (χ1n) is 9.86. The second-order valence-corrected chi connectivity index (χ2v) is 7.12. The maximum atomic E-state index is 13.2. The largest absolute Gasteiger partial charge is 0.335 e. The average molecular weight is 397 g/mol. The van der Waals surface area contributed by atoms with Crippen LogP contribution < -0.4 is 0 Å². The predicted molar refractivity (Wildman–Crippen MR) is 117 cm³/mol. The number of nitrogens with zero attached hydrogens (tertiary/aromatic N) is 5. The monoisotopic (exact) mass is 397 g/mol. The Kier molecular flexibility index (Phi) is 5.66. The zero-order valence-corrected chi connectivity index (χ0v) is 17.1. The van der Waals surface area contributed by atoms with Gasteiger partial charge in [0.1, 0.15) is 0 Å². The molecule has 0 saturated heterocycles. The molecule has 0 aliphatic rings. The van der Waals surface area contributed by atoms with Crippen LogP contribution >= 0.6 is 0 Å². The molecule has 3 heterocycles. The number of aryl methyl sites for hydroxylation is 1. The SMILES string of the molecule is CCN(Cc1cccc(-c2ccncc2)c1)C(=O)c1cncc(-c2cnn(C)c2)c1. The lowest BCUT2D eigenvalue weighted by Crippen LogP contribution is -2.30. The van der Waals surface area contributed by atoms with Gasteiger partial charge in [-0.05, 0) is 47.9 Å². The van der Waals surface area contributed by atoms with Gasteiger partial charge in [0.05, 0.1) is 11.8 Å². The number of pyridine rings is 2. The molecule has 0 saturated carbocycles. The maximum absolute atomic E-state index is 13.2. The fourth-order valence-electron chi connectivity index (χ4n) is 3.41. The fourth-order valence-corrected chi connectivity index (χ4v) is 3.41. The lowest BCUT2D eigenvalue weighted by atomic mass is 10.0. The quantitative estimate of drug-likeness (QED) is 0.489. The molecule has 6 nitrogen and oxygen atoms in total. The molecule has 0 bridgehead atoms. The van der Waals surface area contributed by atoms with Crippen molar-refractivity contribution in [2.75, 3.05) is 6.54 Å². The van der Waals surface area contributed by atoms with E-state index in [0.29, 0.717) is 18.7 Å². The van der Waals surface area contributed by atoms with Crippen molar-refractivity contribution in [3.8, 4) is 22.3 Å². The summed E-state index contributed by atoms with van der Waals surface area (Å²) in [5.74, 6) is -0.0370. The molecule has 6 heteroatoms. The highest BCUT2D eigenvalue weighted by Crippen LogP contribution is 2.22. The van der Waals surface area contributed by atoms with E-state index in [-0.39, 0.29) is 5.91 Å². The van der Waals surface area contributed by atoms with E-state index >= 15 is 0 Å². The van der Waals surface area contributed by atoms with Gasteiger partial charge in [-0.25, -0.2) is 0 Å². The van der Waals surface area contributed by atoms with Crippen LogP contribution in [-0.2, 0) is 13.6 Å². The number of hydrogen-bond acceptors (Lipinski definition) is 4. The topological polar surface area (TPSA) is 63.9 Å². The number of carbonyl (C=O) groups is 1. The van der Waals surface area contributed by atoms with Gasteiger partial charge in [0.25, 0.3) is 5.91 Å². The van der Waals surface area contributed by atoms with Crippen LogP contribution in [0.1, 0.15) is 22.8 Å². The summed E-state index contributed by atoms with van der Waals surface area (Å²) in [5.41, 5.74) is 5.69. The maximum Gasteiger partial charge on any atom is 0.255 e. The standard InChI is InChI=1S/C24H23N5O/c1-3-29(16-18-5-4-6-20(11-18)19-7-9-25-10-8-19)24(30)22-12-21(13-26-14-22)23-15-27-28(2)17-23/h4-15,17H,3,16H2,1-2H3. The zero-order chi connectivity index (χ0) is 20.9. The molecule has 0 N–H and O–H groups in total. The van der Waals surface area contributed by atoms with Crippen molar-refractivity contribution in [1.29, 1.82) is 0 Å². The Bertz CT molecular complexity index is 1150. The minimum atomic E-state index is -0.0370. The van der Waals surface area contributed by atoms with E-state index in [1.807, 2.05) is 55.4 Å². The molecule has 0 fully saturated rings. The van der Waals surface area contributed by atoms with Crippen molar-refractivity contribution in [2.24, 2.45) is 7.05 Å². The Labute approximate surface area is 175 Å². The van der Waals surface area contributed by atoms with Crippen molar-refractivity contribution in [3.05, 3.63) is 90.8 Å². The Balaban J connectivity index is 1.55. The zero-order valence-electron chi connectivity index (χ0n) is 17.1. The first kappa shape index (κ1) is 19.5. The van der Waals surface area contributed by atoms with Crippen LogP contribution in [0, 0.1) is 0 Å². The van der Waals surface area contributed by atoms with Crippen molar-refractivity contribution < 1.29 is 4.79 Å². The first-order chi connectivity index (χ1) is 14.6. The van der Waals surface area contributed by atoms with Crippen LogP contribution in [0.15, 0.2) is 79.6 Å². The number of benzene rings is 1. The van der Waals surface area contributed by atoms with Crippen LogP contribution in [0.5, 0.6) is 0 Å². The molecule has 4 aromatic rings. The number of rotatable bonds is 6. The summed E-state index contributed by atoms with van der Waals surface area (Å²) in [6.07, 6.45) is 10.6. The van der Waals surface area contributed by atoms with Gasteiger partial charge in [-0.2, -0.15) is 5.10 Å². The van der Waals surface area contributed by atoms with E-state index < -0.39 is 0 Å². The van der Waals surface area contributed by atoms with Gasteiger partial charge in [0.15, 0.2) is 0 Å². The summed E-state index contributed by atoms with van der Waals surface area (Å²) < 4.78 is 1.73. The Hall–Kier alpha value is -3.80. The number of amides is 1. The van der Waals surface area contributed by atoms with Crippen LogP contribution in [0.2, 0.25) is 0 Å². The van der Waals surface area contributed by atoms with Gasteiger partial charge < -0.3 is 4.90 Å². The van der Waals surface area contributed by atoms with Crippen LogP contribution in [0.25, 0.3) is 22.3 Å². The molecule has 0 aliphatic heterocycles. The lowest BCUT2D eigenvalue weighted by Gasteiger charge is -2.21. The highest BCUT2D eigenvalue weighted by atomic mass is 16.2. The molecule has 30 heavy (non-hydrogen) atoms. The van der Waals surface area contributed by atoms with E-state index in [1.165, 1.54) is 0 Å². The predicted octanol–water partition coefficient (Wildman–Crippen LogP) is 4.21.